The quantitative estimate of drug-likeness (QED) is 0.881. The number of anilines is 2. The third-order valence-corrected chi connectivity index (χ3v) is 2.59. The minimum Gasteiger partial charge on any atom is -0.353 e. The molecule has 0 heterocycles. The van der Waals surface area contributed by atoms with Gasteiger partial charge in [0, 0.05) is 5.69 Å². The Kier molecular flexibility index (Phi) is 3.45. The predicted molar refractivity (Wildman–Crippen MR) is 65.8 cm³/mol. The molecular formula is C13H7ClF2N2. The summed E-state index contributed by atoms with van der Waals surface area (Å²) in [6.07, 6.45) is 0. The van der Waals surface area contributed by atoms with Crippen LogP contribution < -0.4 is 5.32 Å². The maximum Gasteiger partial charge on any atom is 0.147 e. The zero-order valence-electron chi connectivity index (χ0n) is 9.05. The van der Waals surface area contributed by atoms with Gasteiger partial charge in [0.2, 0.25) is 0 Å². The van der Waals surface area contributed by atoms with E-state index in [0.717, 1.165) is 6.07 Å². The van der Waals surface area contributed by atoms with E-state index < -0.39 is 11.6 Å². The molecule has 0 radical (unpaired) electrons. The highest BCUT2D eigenvalue weighted by Gasteiger charge is 2.05. The molecule has 0 saturated heterocycles. The van der Waals surface area contributed by atoms with E-state index in [-0.39, 0.29) is 16.3 Å². The van der Waals surface area contributed by atoms with Crippen molar-refractivity contribution in [3.63, 3.8) is 0 Å². The molecule has 2 nitrogen and oxygen atoms in total. The predicted octanol–water partition coefficient (Wildman–Crippen LogP) is 4.23. The molecule has 0 spiro atoms. The van der Waals surface area contributed by atoms with Gasteiger partial charge in [-0.15, -0.1) is 0 Å². The van der Waals surface area contributed by atoms with Gasteiger partial charge in [-0.2, -0.15) is 5.26 Å². The highest BCUT2D eigenvalue weighted by molar-refractivity contribution is 6.31. The van der Waals surface area contributed by atoms with Crippen molar-refractivity contribution in [3.05, 3.63) is 58.6 Å². The summed E-state index contributed by atoms with van der Waals surface area (Å²) < 4.78 is 26.5. The fourth-order valence-corrected chi connectivity index (χ4v) is 1.60. The molecule has 2 aromatic carbocycles. The Morgan fingerprint density at radius 2 is 1.83 bits per heavy atom. The largest absolute Gasteiger partial charge is 0.353 e. The van der Waals surface area contributed by atoms with Crippen molar-refractivity contribution in [1.82, 2.24) is 0 Å². The lowest BCUT2D eigenvalue weighted by Gasteiger charge is -2.08. The van der Waals surface area contributed by atoms with Crippen LogP contribution in [0.3, 0.4) is 0 Å². The molecule has 0 bridgehead atoms. The summed E-state index contributed by atoms with van der Waals surface area (Å²) in [7, 11) is 0. The van der Waals surface area contributed by atoms with Gasteiger partial charge in [-0.05, 0) is 36.4 Å². The molecule has 18 heavy (non-hydrogen) atoms. The Hall–Kier alpha value is -2.12. The Bertz CT molecular complexity index is 635. The van der Waals surface area contributed by atoms with Crippen LogP contribution in [0.15, 0.2) is 36.4 Å². The average molecular weight is 265 g/mol. The van der Waals surface area contributed by atoms with E-state index in [4.69, 9.17) is 16.9 Å². The van der Waals surface area contributed by atoms with Crippen LogP contribution in [0.25, 0.3) is 0 Å². The number of nitrogens with zero attached hydrogens (tertiary/aromatic N) is 1. The van der Waals surface area contributed by atoms with Crippen LogP contribution in [0.5, 0.6) is 0 Å². The van der Waals surface area contributed by atoms with Crippen LogP contribution in [0.1, 0.15) is 5.56 Å². The minimum absolute atomic E-state index is 0.0472. The van der Waals surface area contributed by atoms with E-state index in [1.54, 1.807) is 0 Å². The summed E-state index contributed by atoms with van der Waals surface area (Å²) in [5.41, 5.74) is 0.886. The molecule has 1 N–H and O–H groups in total. The number of rotatable bonds is 2. The Labute approximate surface area is 107 Å². The molecule has 0 fully saturated rings. The van der Waals surface area contributed by atoms with Gasteiger partial charge in [-0.25, -0.2) is 8.78 Å². The van der Waals surface area contributed by atoms with Crippen molar-refractivity contribution < 1.29 is 8.78 Å². The summed E-state index contributed by atoms with van der Waals surface area (Å²) >= 11 is 5.62. The second kappa shape index (κ2) is 5.03. The summed E-state index contributed by atoms with van der Waals surface area (Å²) in [5, 5.41) is 11.3. The molecular weight excluding hydrogens is 258 g/mol. The van der Waals surface area contributed by atoms with Gasteiger partial charge >= 0.3 is 0 Å². The van der Waals surface area contributed by atoms with Crippen LogP contribution in [-0.4, -0.2) is 0 Å². The van der Waals surface area contributed by atoms with Crippen LogP contribution in [0.2, 0.25) is 5.02 Å². The van der Waals surface area contributed by atoms with Crippen molar-refractivity contribution in [2.24, 2.45) is 0 Å². The first-order chi connectivity index (χ1) is 8.60. The first-order valence-electron chi connectivity index (χ1n) is 5.02. The highest BCUT2D eigenvalue weighted by atomic mass is 35.5. The molecule has 0 saturated carbocycles. The smallest absolute Gasteiger partial charge is 0.147 e. The number of hydrogen-bond acceptors (Lipinski definition) is 2. The molecule has 0 aromatic heterocycles. The third-order valence-electron chi connectivity index (χ3n) is 2.30. The minimum atomic E-state index is -0.561. The lowest BCUT2D eigenvalue weighted by atomic mass is 10.2. The molecule has 0 aliphatic rings. The Morgan fingerprint density at radius 3 is 2.44 bits per heavy atom. The lowest BCUT2D eigenvalue weighted by Crippen LogP contribution is -1.94. The fraction of sp³-hybridized carbons (Fsp3) is 0. The third kappa shape index (κ3) is 2.58. The second-order valence-corrected chi connectivity index (χ2v) is 3.97. The number of nitriles is 1. The summed E-state index contributed by atoms with van der Waals surface area (Å²) in [6.45, 7) is 0. The van der Waals surface area contributed by atoms with E-state index in [1.165, 1.54) is 30.3 Å². The van der Waals surface area contributed by atoms with Crippen molar-refractivity contribution in [1.29, 1.82) is 5.26 Å². The molecule has 2 aromatic rings. The molecule has 0 aliphatic carbocycles. The maximum absolute atomic E-state index is 13.6. The van der Waals surface area contributed by atoms with Crippen molar-refractivity contribution in [3.8, 4) is 6.07 Å². The van der Waals surface area contributed by atoms with E-state index in [9.17, 15) is 8.78 Å². The van der Waals surface area contributed by atoms with Gasteiger partial charge in [0.25, 0.3) is 0 Å². The second-order valence-electron chi connectivity index (χ2n) is 3.56. The monoisotopic (exact) mass is 264 g/mol. The van der Waals surface area contributed by atoms with Crippen LogP contribution in [-0.2, 0) is 0 Å². The van der Waals surface area contributed by atoms with E-state index >= 15 is 0 Å². The molecule has 0 aliphatic heterocycles. The van der Waals surface area contributed by atoms with Crippen LogP contribution in [0, 0.1) is 23.0 Å². The van der Waals surface area contributed by atoms with Gasteiger partial charge in [0.15, 0.2) is 0 Å². The zero-order valence-corrected chi connectivity index (χ0v) is 9.80. The zero-order chi connectivity index (χ0) is 13.1. The molecule has 0 unspecified atom stereocenters. The SMILES string of the molecule is N#Cc1ccc(Nc2ccc(F)c(Cl)c2)c(F)c1. The first kappa shape index (κ1) is 12.3. The molecule has 90 valence electrons. The average Bonchev–Trinajstić information content (AvgIpc) is 2.36. The fourth-order valence-electron chi connectivity index (χ4n) is 1.42. The summed E-state index contributed by atoms with van der Waals surface area (Å²) in [5.74, 6) is -1.10. The summed E-state index contributed by atoms with van der Waals surface area (Å²) in [6, 6.07) is 9.86. The molecule has 0 amide bonds. The topological polar surface area (TPSA) is 35.8 Å². The Morgan fingerprint density at radius 1 is 1.06 bits per heavy atom. The molecule has 2 rings (SSSR count). The van der Waals surface area contributed by atoms with Gasteiger partial charge in [-0.1, -0.05) is 11.6 Å². The summed E-state index contributed by atoms with van der Waals surface area (Å²) in [4.78, 5) is 0. The number of nitrogens with one attached hydrogen (secondary N) is 1. The lowest BCUT2D eigenvalue weighted by molar-refractivity contribution is 0.628. The van der Waals surface area contributed by atoms with E-state index in [2.05, 4.69) is 5.32 Å². The molecule has 5 heteroatoms. The highest BCUT2D eigenvalue weighted by Crippen LogP contribution is 2.24. The molecule has 0 atom stereocenters. The van der Waals surface area contributed by atoms with Crippen molar-refractivity contribution >= 4 is 23.0 Å². The van der Waals surface area contributed by atoms with Gasteiger partial charge in [0.05, 0.1) is 22.3 Å². The standard InChI is InChI=1S/C13H7ClF2N2/c14-10-6-9(2-3-11(10)15)18-13-4-1-8(7-17)5-12(13)16/h1-6,18H. The van der Waals surface area contributed by atoms with Gasteiger partial charge in [-0.3, -0.25) is 0 Å². The maximum atomic E-state index is 13.6. The number of halogens is 3. The number of benzene rings is 2. The number of hydrogen-bond donors (Lipinski definition) is 1. The first-order valence-corrected chi connectivity index (χ1v) is 5.39. The van der Waals surface area contributed by atoms with E-state index in [0.29, 0.717) is 5.69 Å². The van der Waals surface area contributed by atoms with Gasteiger partial charge < -0.3 is 5.32 Å². The van der Waals surface area contributed by atoms with Crippen molar-refractivity contribution in [2.45, 2.75) is 0 Å². The van der Waals surface area contributed by atoms with Crippen molar-refractivity contribution in [2.75, 3.05) is 5.32 Å². The van der Waals surface area contributed by atoms with Gasteiger partial charge in [0.1, 0.15) is 11.6 Å². The normalized spacial score (nSPS) is 9.89. The van der Waals surface area contributed by atoms with E-state index in [1.807, 2.05) is 6.07 Å². The van der Waals surface area contributed by atoms with Crippen LogP contribution in [0.4, 0.5) is 20.2 Å². The van der Waals surface area contributed by atoms with Crippen LogP contribution >= 0.6 is 11.6 Å². The Balaban J connectivity index is 2.29.